The van der Waals surface area contributed by atoms with Crippen molar-refractivity contribution < 1.29 is 14.3 Å². The van der Waals surface area contributed by atoms with Crippen molar-refractivity contribution in [2.24, 2.45) is 0 Å². The van der Waals surface area contributed by atoms with Crippen molar-refractivity contribution in [3.8, 4) is 5.75 Å². The molecule has 29 heavy (non-hydrogen) atoms. The molecule has 150 valence electrons. The fourth-order valence-electron chi connectivity index (χ4n) is 2.48. The Bertz CT molecular complexity index is 991. The van der Waals surface area contributed by atoms with Crippen molar-refractivity contribution in [1.29, 1.82) is 0 Å². The fraction of sp³-hybridized carbons (Fsp3) is 0.200. The lowest BCUT2D eigenvalue weighted by molar-refractivity contribution is -0.121. The molecule has 0 saturated carbocycles. The van der Waals surface area contributed by atoms with E-state index in [0.717, 1.165) is 22.6 Å². The van der Waals surface area contributed by atoms with E-state index in [-0.39, 0.29) is 23.4 Å². The van der Waals surface area contributed by atoms with Crippen LogP contribution >= 0.6 is 22.9 Å². The van der Waals surface area contributed by atoms with E-state index in [4.69, 9.17) is 16.3 Å². The molecule has 0 aliphatic heterocycles. The molecule has 0 spiro atoms. The third kappa shape index (κ3) is 6.27. The Morgan fingerprint density at radius 2 is 1.93 bits per heavy atom. The maximum atomic E-state index is 12.2. The number of halogens is 1. The van der Waals surface area contributed by atoms with Crippen molar-refractivity contribution in [2.75, 3.05) is 12.4 Å². The van der Waals surface area contributed by atoms with Crippen LogP contribution in [0.4, 0.5) is 5.69 Å². The van der Waals surface area contributed by atoms with Crippen molar-refractivity contribution in [3.63, 3.8) is 0 Å². The number of amides is 2. The van der Waals surface area contributed by atoms with Crippen LogP contribution in [0.15, 0.2) is 48.5 Å². The number of aromatic nitrogens is 2. The molecular weight excluding hydrogens is 412 g/mol. The van der Waals surface area contributed by atoms with E-state index < -0.39 is 0 Å². The SMILES string of the molecule is COc1ccc(CCC(=O)NCc2nnc(C(=O)Nc3cccc(Cl)c3)s2)cc1. The van der Waals surface area contributed by atoms with Crippen molar-refractivity contribution >= 4 is 40.4 Å². The number of carbonyl (C=O) groups excluding carboxylic acids is 2. The molecule has 7 nitrogen and oxygen atoms in total. The minimum atomic E-state index is -0.373. The summed E-state index contributed by atoms with van der Waals surface area (Å²) in [4.78, 5) is 24.3. The molecule has 1 heterocycles. The number of aryl methyl sites for hydroxylation is 1. The fourth-order valence-corrected chi connectivity index (χ4v) is 3.35. The lowest BCUT2D eigenvalue weighted by atomic mass is 10.1. The largest absolute Gasteiger partial charge is 0.497 e. The molecule has 0 saturated heterocycles. The Morgan fingerprint density at radius 3 is 2.66 bits per heavy atom. The maximum Gasteiger partial charge on any atom is 0.286 e. The second-order valence-corrected chi connectivity index (χ2v) is 7.59. The molecule has 3 rings (SSSR count). The molecule has 0 aliphatic rings. The number of nitrogens with one attached hydrogen (secondary N) is 2. The van der Waals surface area contributed by atoms with Gasteiger partial charge in [-0.25, -0.2) is 0 Å². The van der Waals surface area contributed by atoms with Crippen LogP contribution in [0, 0.1) is 0 Å². The van der Waals surface area contributed by atoms with E-state index in [9.17, 15) is 9.59 Å². The summed E-state index contributed by atoms with van der Waals surface area (Å²) in [6.45, 7) is 0.226. The highest BCUT2D eigenvalue weighted by molar-refractivity contribution is 7.13. The maximum absolute atomic E-state index is 12.2. The van der Waals surface area contributed by atoms with E-state index in [1.54, 1.807) is 31.4 Å². The van der Waals surface area contributed by atoms with Crippen LogP contribution in [0.1, 0.15) is 26.8 Å². The first-order chi connectivity index (χ1) is 14.0. The van der Waals surface area contributed by atoms with Crippen LogP contribution in [0.3, 0.4) is 0 Å². The number of nitrogens with zero attached hydrogens (tertiary/aromatic N) is 2. The van der Waals surface area contributed by atoms with E-state index in [1.807, 2.05) is 24.3 Å². The van der Waals surface area contributed by atoms with E-state index >= 15 is 0 Å². The van der Waals surface area contributed by atoms with Gasteiger partial charge in [-0.3, -0.25) is 9.59 Å². The van der Waals surface area contributed by atoms with Gasteiger partial charge in [0, 0.05) is 17.1 Å². The van der Waals surface area contributed by atoms with Gasteiger partial charge in [-0.1, -0.05) is 41.1 Å². The summed E-state index contributed by atoms with van der Waals surface area (Å²) >= 11 is 7.03. The molecule has 9 heteroatoms. The van der Waals surface area contributed by atoms with Crippen LogP contribution in [-0.2, 0) is 17.8 Å². The van der Waals surface area contributed by atoms with Crippen LogP contribution in [0.25, 0.3) is 0 Å². The van der Waals surface area contributed by atoms with Crippen LogP contribution < -0.4 is 15.4 Å². The Hall–Kier alpha value is -2.97. The summed E-state index contributed by atoms with van der Waals surface area (Å²) in [6, 6.07) is 14.4. The van der Waals surface area contributed by atoms with Gasteiger partial charge in [0.2, 0.25) is 10.9 Å². The predicted molar refractivity (Wildman–Crippen MR) is 112 cm³/mol. The second-order valence-electron chi connectivity index (χ2n) is 6.09. The summed E-state index contributed by atoms with van der Waals surface area (Å²) < 4.78 is 5.11. The van der Waals surface area contributed by atoms with Crippen molar-refractivity contribution in [3.05, 3.63) is 69.1 Å². The number of methoxy groups -OCH3 is 1. The zero-order valence-electron chi connectivity index (χ0n) is 15.6. The van der Waals surface area contributed by atoms with Crippen LogP contribution in [-0.4, -0.2) is 29.1 Å². The number of hydrogen-bond acceptors (Lipinski definition) is 6. The third-order valence-corrected chi connectivity index (χ3v) is 5.14. The molecule has 0 radical (unpaired) electrons. The van der Waals surface area contributed by atoms with E-state index in [0.29, 0.717) is 28.6 Å². The van der Waals surface area contributed by atoms with Crippen LogP contribution in [0.2, 0.25) is 5.02 Å². The molecule has 1 aromatic heterocycles. The number of rotatable bonds is 8. The smallest absolute Gasteiger partial charge is 0.286 e. The highest BCUT2D eigenvalue weighted by Gasteiger charge is 2.14. The van der Waals surface area contributed by atoms with Gasteiger partial charge in [-0.2, -0.15) is 0 Å². The van der Waals surface area contributed by atoms with Crippen molar-refractivity contribution in [2.45, 2.75) is 19.4 Å². The first-order valence-corrected chi connectivity index (χ1v) is 10.0. The molecule has 0 atom stereocenters. The van der Waals surface area contributed by atoms with Gasteiger partial charge in [0.15, 0.2) is 0 Å². The normalized spacial score (nSPS) is 10.4. The molecular formula is C20H19ClN4O3S. The summed E-state index contributed by atoms with van der Waals surface area (Å²) in [7, 11) is 1.61. The third-order valence-electron chi connectivity index (χ3n) is 3.98. The van der Waals surface area contributed by atoms with Gasteiger partial charge in [0.05, 0.1) is 13.7 Å². The first kappa shape index (κ1) is 20.8. The number of hydrogen-bond donors (Lipinski definition) is 2. The molecule has 0 unspecified atom stereocenters. The molecule has 0 aliphatic carbocycles. The molecule has 2 aromatic carbocycles. The quantitative estimate of drug-likeness (QED) is 0.568. The second kappa shape index (κ2) is 9.99. The lowest BCUT2D eigenvalue weighted by Crippen LogP contribution is -2.22. The average molecular weight is 431 g/mol. The summed E-state index contributed by atoms with van der Waals surface area (Å²) in [6.07, 6.45) is 0.979. The molecule has 2 amide bonds. The standard InChI is InChI=1S/C20H19ClN4O3S/c1-28-16-8-5-13(6-9-16)7-10-17(26)22-12-18-24-25-20(29-18)19(27)23-15-4-2-3-14(21)11-15/h2-6,8-9,11H,7,10,12H2,1H3,(H,22,26)(H,23,27). The number of carbonyl (C=O) groups is 2. The minimum absolute atomic E-state index is 0.0963. The van der Waals surface area contributed by atoms with E-state index in [1.165, 1.54) is 0 Å². The zero-order chi connectivity index (χ0) is 20.6. The van der Waals surface area contributed by atoms with Gasteiger partial charge < -0.3 is 15.4 Å². The number of anilines is 1. The van der Waals surface area contributed by atoms with Crippen molar-refractivity contribution in [1.82, 2.24) is 15.5 Å². The monoisotopic (exact) mass is 430 g/mol. The minimum Gasteiger partial charge on any atom is -0.497 e. The van der Waals surface area contributed by atoms with Crippen LogP contribution in [0.5, 0.6) is 5.75 Å². The summed E-state index contributed by atoms with van der Waals surface area (Å²) in [5.74, 6) is 0.312. The van der Waals surface area contributed by atoms with Gasteiger partial charge in [0.1, 0.15) is 10.8 Å². The van der Waals surface area contributed by atoms with Gasteiger partial charge in [0.25, 0.3) is 5.91 Å². The molecule has 3 aromatic rings. The highest BCUT2D eigenvalue weighted by Crippen LogP contribution is 2.17. The summed E-state index contributed by atoms with van der Waals surface area (Å²) in [5.41, 5.74) is 1.63. The van der Waals surface area contributed by atoms with E-state index in [2.05, 4.69) is 20.8 Å². The zero-order valence-corrected chi connectivity index (χ0v) is 17.2. The van der Waals surface area contributed by atoms with Gasteiger partial charge >= 0.3 is 0 Å². The topological polar surface area (TPSA) is 93.2 Å². The van der Waals surface area contributed by atoms with Gasteiger partial charge in [-0.05, 0) is 42.3 Å². The molecule has 0 bridgehead atoms. The lowest BCUT2D eigenvalue weighted by Gasteiger charge is -2.04. The molecule has 2 N–H and O–H groups in total. The predicted octanol–water partition coefficient (Wildman–Crippen LogP) is 3.70. The number of benzene rings is 2. The molecule has 0 fully saturated rings. The Balaban J connectivity index is 1.45. The van der Waals surface area contributed by atoms with Gasteiger partial charge in [-0.15, -0.1) is 10.2 Å². The Labute approximate surface area is 177 Å². The Kier molecular flexibility index (Phi) is 7.15. The summed E-state index contributed by atoms with van der Waals surface area (Å²) in [5, 5.41) is 14.6. The number of ether oxygens (including phenoxy) is 1. The first-order valence-electron chi connectivity index (χ1n) is 8.82. The highest BCUT2D eigenvalue weighted by atomic mass is 35.5. The Morgan fingerprint density at radius 1 is 1.14 bits per heavy atom. The average Bonchev–Trinajstić information content (AvgIpc) is 3.20.